The molecular weight excluding hydrogens is 402 g/mol. The Kier molecular flexibility index (Phi) is 6.30. The zero-order valence-corrected chi connectivity index (χ0v) is 17.3. The molecule has 3 aromatic rings. The van der Waals surface area contributed by atoms with Gasteiger partial charge in [0.25, 0.3) is 5.91 Å². The molecule has 1 aliphatic heterocycles. The summed E-state index contributed by atoms with van der Waals surface area (Å²) in [5.41, 5.74) is 2.09. The fourth-order valence-electron chi connectivity index (χ4n) is 3.70. The van der Waals surface area contributed by atoms with Gasteiger partial charge in [-0.25, -0.2) is 4.98 Å². The maximum absolute atomic E-state index is 13.3. The molecule has 0 radical (unpaired) electrons. The maximum atomic E-state index is 13.3. The van der Waals surface area contributed by atoms with Gasteiger partial charge in [-0.1, -0.05) is 41.9 Å². The molecule has 1 saturated heterocycles. The smallest absolute Gasteiger partial charge is 0.268 e. The molecule has 0 aliphatic carbocycles. The van der Waals surface area contributed by atoms with E-state index < -0.39 is 6.04 Å². The van der Waals surface area contributed by atoms with Crippen LogP contribution < -0.4 is 10.6 Å². The second kappa shape index (κ2) is 9.28. The number of carbonyl (C=O) groups excluding carboxylic acids is 2. The van der Waals surface area contributed by atoms with Gasteiger partial charge in [0, 0.05) is 31.4 Å². The number of rotatable bonds is 5. The molecule has 8 heteroatoms. The van der Waals surface area contributed by atoms with Crippen molar-refractivity contribution in [1.29, 1.82) is 0 Å². The molecule has 3 N–H and O–H groups in total. The summed E-state index contributed by atoms with van der Waals surface area (Å²) in [6.07, 6.45) is 2.92. The average Bonchev–Trinajstić information content (AvgIpc) is 2.98. The van der Waals surface area contributed by atoms with Gasteiger partial charge >= 0.3 is 0 Å². The Morgan fingerprint density at radius 2 is 2.00 bits per heavy atom. The van der Waals surface area contributed by atoms with Gasteiger partial charge in [0.05, 0.1) is 11.7 Å². The molecule has 30 heavy (non-hydrogen) atoms. The highest BCUT2D eigenvalue weighted by Crippen LogP contribution is 2.18. The van der Waals surface area contributed by atoms with E-state index in [0.717, 1.165) is 30.5 Å². The summed E-state index contributed by atoms with van der Waals surface area (Å²) in [6.45, 7) is 2.97. The minimum atomic E-state index is -0.647. The van der Waals surface area contributed by atoms with Crippen LogP contribution in [0.3, 0.4) is 0 Å². The van der Waals surface area contributed by atoms with Gasteiger partial charge in [-0.3, -0.25) is 9.59 Å². The van der Waals surface area contributed by atoms with Crippen molar-refractivity contribution in [2.24, 2.45) is 0 Å². The van der Waals surface area contributed by atoms with Gasteiger partial charge < -0.3 is 20.5 Å². The van der Waals surface area contributed by atoms with Crippen LogP contribution in [-0.4, -0.2) is 58.9 Å². The topological polar surface area (TPSA) is 90.1 Å². The van der Waals surface area contributed by atoms with Crippen LogP contribution in [0, 0.1) is 0 Å². The molecule has 156 valence electrons. The molecule has 4 rings (SSSR count). The van der Waals surface area contributed by atoms with Crippen molar-refractivity contribution >= 4 is 34.3 Å². The van der Waals surface area contributed by atoms with Crippen LogP contribution in [0.25, 0.3) is 10.9 Å². The minimum absolute atomic E-state index is 0.0586. The quantitative estimate of drug-likeness (QED) is 0.547. The molecule has 3 heterocycles. The van der Waals surface area contributed by atoms with E-state index in [1.807, 2.05) is 35.2 Å². The first-order valence-electron chi connectivity index (χ1n) is 10.1. The average molecular weight is 426 g/mol. The number of H-pyrrole nitrogens is 1. The van der Waals surface area contributed by atoms with E-state index in [2.05, 4.69) is 20.6 Å². The third-order valence-electron chi connectivity index (χ3n) is 5.25. The van der Waals surface area contributed by atoms with Crippen LogP contribution in [0.5, 0.6) is 0 Å². The molecule has 2 amide bonds. The summed E-state index contributed by atoms with van der Waals surface area (Å²) >= 11 is 5.94. The highest BCUT2D eigenvalue weighted by molar-refractivity contribution is 6.30. The van der Waals surface area contributed by atoms with E-state index in [1.54, 1.807) is 18.3 Å². The monoisotopic (exact) mass is 425 g/mol. The van der Waals surface area contributed by atoms with Crippen molar-refractivity contribution in [3.05, 3.63) is 65.1 Å². The lowest BCUT2D eigenvalue weighted by Crippen LogP contribution is -2.50. The summed E-state index contributed by atoms with van der Waals surface area (Å²) < 4.78 is 0. The number of pyridine rings is 1. The van der Waals surface area contributed by atoms with E-state index in [-0.39, 0.29) is 11.8 Å². The molecular formula is C22H24ClN5O2. The van der Waals surface area contributed by atoms with Gasteiger partial charge in [-0.2, -0.15) is 0 Å². The summed E-state index contributed by atoms with van der Waals surface area (Å²) in [6, 6.07) is 12.5. The van der Waals surface area contributed by atoms with Crippen LogP contribution in [0.4, 0.5) is 0 Å². The standard InChI is InChI=1S/C22H24ClN5O2/c23-20-13-16-12-17(26-19(16)14-25-20)21(29)27-18(11-15-5-2-1-3-6-15)22(30)28-9-4-7-24-8-10-28/h1-3,5-6,12-14,18,24,26H,4,7-11H2,(H,27,29)/t18-/m0/s1. The van der Waals surface area contributed by atoms with Crippen molar-refractivity contribution in [2.75, 3.05) is 26.2 Å². The van der Waals surface area contributed by atoms with Crippen LogP contribution in [0.1, 0.15) is 22.5 Å². The number of aromatic amines is 1. The normalized spacial score (nSPS) is 15.6. The first kappa shape index (κ1) is 20.4. The number of halogens is 1. The van der Waals surface area contributed by atoms with Crippen molar-refractivity contribution in [2.45, 2.75) is 18.9 Å². The largest absolute Gasteiger partial charge is 0.349 e. The van der Waals surface area contributed by atoms with Crippen molar-refractivity contribution in [3.8, 4) is 0 Å². The Bertz CT molecular complexity index is 1030. The number of hydrogen-bond acceptors (Lipinski definition) is 4. The Labute approximate surface area is 179 Å². The lowest BCUT2D eigenvalue weighted by molar-refractivity contribution is -0.133. The molecule has 1 atom stereocenters. The van der Waals surface area contributed by atoms with E-state index >= 15 is 0 Å². The molecule has 2 aromatic heterocycles. The number of amides is 2. The van der Waals surface area contributed by atoms with Crippen molar-refractivity contribution in [3.63, 3.8) is 0 Å². The highest BCUT2D eigenvalue weighted by Gasteiger charge is 2.27. The zero-order valence-electron chi connectivity index (χ0n) is 16.5. The fourth-order valence-corrected chi connectivity index (χ4v) is 3.87. The lowest BCUT2D eigenvalue weighted by Gasteiger charge is -2.26. The summed E-state index contributed by atoms with van der Waals surface area (Å²) in [5.74, 6) is -0.388. The SMILES string of the molecule is O=C(N[C@@H](Cc1ccccc1)C(=O)N1CCCNCC1)c1cc2cc(Cl)ncc2[nH]1. The molecule has 0 bridgehead atoms. The Hall–Kier alpha value is -2.90. The lowest BCUT2D eigenvalue weighted by atomic mass is 10.0. The fraction of sp³-hybridized carbons (Fsp3) is 0.318. The predicted octanol–water partition coefficient (Wildman–Crippen LogP) is 2.38. The number of hydrogen-bond donors (Lipinski definition) is 3. The second-order valence-electron chi connectivity index (χ2n) is 7.42. The Balaban J connectivity index is 1.55. The van der Waals surface area contributed by atoms with Gasteiger partial charge in [0.15, 0.2) is 0 Å². The first-order chi connectivity index (χ1) is 14.6. The minimum Gasteiger partial charge on any atom is -0.349 e. The summed E-state index contributed by atoms with van der Waals surface area (Å²) in [4.78, 5) is 35.2. The Morgan fingerprint density at radius 3 is 2.83 bits per heavy atom. The van der Waals surface area contributed by atoms with Gasteiger partial charge in [-0.15, -0.1) is 0 Å². The number of fused-ring (bicyclic) bond motifs is 1. The molecule has 1 aliphatic rings. The molecule has 1 aromatic carbocycles. The van der Waals surface area contributed by atoms with E-state index in [0.29, 0.717) is 35.9 Å². The van der Waals surface area contributed by atoms with E-state index in [4.69, 9.17) is 11.6 Å². The first-order valence-corrected chi connectivity index (χ1v) is 10.5. The Morgan fingerprint density at radius 1 is 1.17 bits per heavy atom. The van der Waals surface area contributed by atoms with Gasteiger partial charge in [0.2, 0.25) is 5.91 Å². The van der Waals surface area contributed by atoms with Crippen LogP contribution in [0.2, 0.25) is 5.15 Å². The summed E-state index contributed by atoms with van der Waals surface area (Å²) in [7, 11) is 0. The van der Waals surface area contributed by atoms with Crippen LogP contribution in [0.15, 0.2) is 48.7 Å². The highest BCUT2D eigenvalue weighted by atomic mass is 35.5. The molecule has 0 unspecified atom stereocenters. The molecule has 0 saturated carbocycles. The van der Waals surface area contributed by atoms with Crippen LogP contribution in [-0.2, 0) is 11.2 Å². The van der Waals surface area contributed by atoms with E-state index in [9.17, 15) is 9.59 Å². The third kappa shape index (κ3) is 4.80. The maximum Gasteiger partial charge on any atom is 0.268 e. The number of benzene rings is 1. The van der Waals surface area contributed by atoms with Gasteiger partial charge in [-0.05, 0) is 30.7 Å². The number of nitrogens with one attached hydrogen (secondary N) is 3. The van der Waals surface area contributed by atoms with Crippen molar-refractivity contribution < 1.29 is 9.59 Å². The molecule has 0 spiro atoms. The second-order valence-corrected chi connectivity index (χ2v) is 7.81. The summed E-state index contributed by atoms with van der Waals surface area (Å²) in [5, 5.41) is 7.40. The zero-order chi connectivity index (χ0) is 20.9. The molecule has 1 fully saturated rings. The van der Waals surface area contributed by atoms with Crippen molar-refractivity contribution in [1.82, 2.24) is 25.5 Å². The molecule has 7 nitrogen and oxygen atoms in total. The van der Waals surface area contributed by atoms with Crippen LogP contribution >= 0.6 is 11.6 Å². The van der Waals surface area contributed by atoms with Gasteiger partial charge in [0.1, 0.15) is 16.9 Å². The van der Waals surface area contributed by atoms with E-state index in [1.165, 1.54) is 0 Å². The number of aromatic nitrogens is 2. The number of carbonyl (C=O) groups is 2. The third-order valence-corrected chi connectivity index (χ3v) is 5.46. The predicted molar refractivity (Wildman–Crippen MR) is 117 cm³/mol. The number of nitrogens with zero attached hydrogens (tertiary/aromatic N) is 2.